The van der Waals surface area contributed by atoms with Crippen molar-refractivity contribution in [3.63, 3.8) is 0 Å². The molecule has 0 aliphatic carbocycles. The Bertz CT molecular complexity index is 420. The van der Waals surface area contributed by atoms with Gasteiger partial charge < -0.3 is 10.6 Å². The van der Waals surface area contributed by atoms with Crippen LogP contribution in [0.1, 0.15) is 17.4 Å². The van der Waals surface area contributed by atoms with E-state index in [9.17, 15) is 14.4 Å². The predicted octanol–water partition coefficient (Wildman–Crippen LogP) is -1.36. The van der Waals surface area contributed by atoms with Crippen LogP contribution >= 0.6 is 0 Å². The Labute approximate surface area is 91.2 Å². The summed E-state index contributed by atoms with van der Waals surface area (Å²) in [5.74, 6) is -0.789. The number of H-pyrrole nitrogens is 1. The molecule has 0 unspecified atom stereocenters. The van der Waals surface area contributed by atoms with E-state index in [2.05, 4.69) is 20.8 Å². The third-order valence-corrected chi connectivity index (χ3v) is 1.70. The summed E-state index contributed by atoms with van der Waals surface area (Å²) in [6, 6.07) is 2.47. The van der Waals surface area contributed by atoms with Gasteiger partial charge in [0.05, 0.1) is 6.54 Å². The summed E-state index contributed by atoms with van der Waals surface area (Å²) in [7, 11) is 0. The number of hydrogen-bond donors (Lipinski definition) is 3. The van der Waals surface area contributed by atoms with E-state index >= 15 is 0 Å². The fraction of sp³-hybridized carbons (Fsp3) is 0.333. The molecule has 0 fully saturated rings. The number of likely N-dealkylation sites (N-methyl/N-ethyl adjacent to an activating group) is 1. The van der Waals surface area contributed by atoms with E-state index in [1.807, 2.05) is 0 Å². The molecule has 0 saturated heterocycles. The molecular formula is C9H12N4O3. The minimum absolute atomic E-state index is 0.0592. The second-order valence-electron chi connectivity index (χ2n) is 2.94. The lowest BCUT2D eigenvalue weighted by Gasteiger charge is -2.03. The minimum atomic E-state index is -0.512. The summed E-state index contributed by atoms with van der Waals surface area (Å²) >= 11 is 0. The van der Waals surface area contributed by atoms with Gasteiger partial charge in [-0.15, -0.1) is 0 Å². The van der Waals surface area contributed by atoms with E-state index < -0.39 is 5.91 Å². The van der Waals surface area contributed by atoms with Crippen molar-refractivity contribution in [3.05, 3.63) is 28.2 Å². The number of nitrogens with zero attached hydrogens (tertiary/aromatic N) is 1. The Balaban J connectivity index is 2.50. The maximum Gasteiger partial charge on any atom is 0.272 e. The van der Waals surface area contributed by atoms with Gasteiger partial charge in [-0.3, -0.25) is 14.4 Å². The van der Waals surface area contributed by atoms with E-state index in [-0.39, 0.29) is 23.7 Å². The Morgan fingerprint density at radius 1 is 1.38 bits per heavy atom. The zero-order valence-corrected chi connectivity index (χ0v) is 8.74. The summed E-state index contributed by atoms with van der Waals surface area (Å²) in [6.45, 7) is 2.17. The summed E-state index contributed by atoms with van der Waals surface area (Å²) < 4.78 is 0. The molecular weight excluding hydrogens is 212 g/mol. The van der Waals surface area contributed by atoms with E-state index in [1.54, 1.807) is 6.92 Å². The highest BCUT2D eigenvalue weighted by Gasteiger charge is 2.08. The molecule has 1 aromatic rings. The molecule has 0 radical (unpaired) electrons. The number of aromatic amines is 1. The normalized spacial score (nSPS) is 9.56. The summed E-state index contributed by atoms with van der Waals surface area (Å²) in [6.07, 6.45) is 0. The van der Waals surface area contributed by atoms with E-state index in [1.165, 1.54) is 12.1 Å². The van der Waals surface area contributed by atoms with Crippen molar-refractivity contribution in [1.29, 1.82) is 0 Å². The highest BCUT2D eigenvalue weighted by Crippen LogP contribution is 1.87. The zero-order valence-electron chi connectivity index (χ0n) is 8.74. The van der Waals surface area contributed by atoms with Gasteiger partial charge in [-0.05, 0) is 13.0 Å². The smallest absolute Gasteiger partial charge is 0.272 e. The fourth-order valence-corrected chi connectivity index (χ4v) is 0.982. The van der Waals surface area contributed by atoms with Crippen LogP contribution in [0.4, 0.5) is 0 Å². The van der Waals surface area contributed by atoms with Gasteiger partial charge in [0, 0.05) is 12.6 Å². The van der Waals surface area contributed by atoms with E-state index in [4.69, 9.17) is 0 Å². The number of carbonyl (C=O) groups is 2. The standard InChI is InChI=1S/C9H12N4O3/c1-2-10-8(15)5-11-9(16)6-3-4-7(14)13-12-6/h3-4H,2,5H2,1H3,(H,10,15)(H,11,16)(H,13,14). The first-order valence-electron chi connectivity index (χ1n) is 4.74. The second kappa shape index (κ2) is 5.64. The first-order valence-corrected chi connectivity index (χ1v) is 4.74. The molecule has 1 aromatic heterocycles. The molecule has 0 spiro atoms. The lowest BCUT2D eigenvalue weighted by Crippen LogP contribution is -2.37. The molecule has 0 atom stereocenters. The van der Waals surface area contributed by atoms with Crippen LogP contribution < -0.4 is 16.2 Å². The van der Waals surface area contributed by atoms with Crippen LogP contribution in [0.3, 0.4) is 0 Å². The van der Waals surface area contributed by atoms with Crippen LogP contribution in [0, 0.1) is 0 Å². The van der Waals surface area contributed by atoms with Crippen LogP contribution in [-0.4, -0.2) is 35.1 Å². The average Bonchev–Trinajstić information content (AvgIpc) is 2.27. The van der Waals surface area contributed by atoms with Crippen LogP contribution in [0.2, 0.25) is 0 Å². The molecule has 16 heavy (non-hydrogen) atoms. The van der Waals surface area contributed by atoms with Crippen molar-refractivity contribution in [3.8, 4) is 0 Å². The largest absolute Gasteiger partial charge is 0.355 e. The van der Waals surface area contributed by atoms with Crippen molar-refractivity contribution in [1.82, 2.24) is 20.8 Å². The Morgan fingerprint density at radius 3 is 2.69 bits per heavy atom. The van der Waals surface area contributed by atoms with Crippen molar-refractivity contribution in [2.45, 2.75) is 6.92 Å². The van der Waals surface area contributed by atoms with Crippen LogP contribution in [0.15, 0.2) is 16.9 Å². The first kappa shape index (κ1) is 11.9. The monoisotopic (exact) mass is 224 g/mol. The molecule has 7 nitrogen and oxygen atoms in total. The molecule has 1 heterocycles. The number of nitrogens with one attached hydrogen (secondary N) is 3. The number of rotatable bonds is 4. The number of carbonyl (C=O) groups excluding carboxylic acids is 2. The quantitative estimate of drug-likeness (QED) is 0.587. The van der Waals surface area contributed by atoms with Gasteiger partial charge in [-0.25, -0.2) is 5.10 Å². The number of amides is 2. The highest BCUT2D eigenvalue weighted by atomic mass is 16.2. The van der Waals surface area contributed by atoms with Crippen molar-refractivity contribution in [2.75, 3.05) is 13.1 Å². The van der Waals surface area contributed by atoms with Gasteiger partial charge in [0.25, 0.3) is 11.5 Å². The van der Waals surface area contributed by atoms with Gasteiger partial charge in [0.2, 0.25) is 5.91 Å². The highest BCUT2D eigenvalue weighted by molar-refractivity contribution is 5.94. The average molecular weight is 224 g/mol. The lowest BCUT2D eigenvalue weighted by atomic mass is 10.3. The lowest BCUT2D eigenvalue weighted by molar-refractivity contribution is -0.120. The predicted molar refractivity (Wildman–Crippen MR) is 55.9 cm³/mol. The summed E-state index contributed by atoms with van der Waals surface area (Å²) in [5, 5.41) is 10.5. The van der Waals surface area contributed by atoms with Gasteiger partial charge >= 0.3 is 0 Å². The molecule has 1 rings (SSSR count). The molecule has 3 N–H and O–H groups in total. The van der Waals surface area contributed by atoms with Crippen LogP contribution in [-0.2, 0) is 4.79 Å². The fourth-order valence-electron chi connectivity index (χ4n) is 0.982. The van der Waals surface area contributed by atoms with Crippen molar-refractivity contribution in [2.24, 2.45) is 0 Å². The van der Waals surface area contributed by atoms with Gasteiger partial charge in [0.15, 0.2) is 0 Å². The molecule has 0 saturated carbocycles. The SMILES string of the molecule is CCNC(=O)CNC(=O)c1ccc(=O)[nH]n1. The Hall–Kier alpha value is -2.18. The molecule has 7 heteroatoms. The third kappa shape index (κ3) is 3.52. The Morgan fingerprint density at radius 2 is 2.12 bits per heavy atom. The van der Waals surface area contributed by atoms with Gasteiger partial charge in [-0.2, -0.15) is 5.10 Å². The van der Waals surface area contributed by atoms with Gasteiger partial charge in [-0.1, -0.05) is 0 Å². The first-order chi connectivity index (χ1) is 7.63. The summed E-state index contributed by atoms with van der Waals surface area (Å²) in [5.41, 5.74) is -0.329. The molecule has 0 aromatic carbocycles. The molecule has 0 aliphatic heterocycles. The van der Waals surface area contributed by atoms with E-state index in [0.29, 0.717) is 6.54 Å². The van der Waals surface area contributed by atoms with Crippen molar-refractivity contribution >= 4 is 11.8 Å². The van der Waals surface area contributed by atoms with Crippen LogP contribution in [0.25, 0.3) is 0 Å². The Kier molecular flexibility index (Phi) is 4.19. The van der Waals surface area contributed by atoms with Crippen molar-refractivity contribution < 1.29 is 9.59 Å². The molecule has 0 bridgehead atoms. The topological polar surface area (TPSA) is 104 Å². The van der Waals surface area contributed by atoms with Crippen LogP contribution in [0.5, 0.6) is 0 Å². The third-order valence-electron chi connectivity index (χ3n) is 1.70. The maximum absolute atomic E-state index is 11.4. The minimum Gasteiger partial charge on any atom is -0.355 e. The second-order valence-corrected chi connectivity index (χ2v) is 2.94. The maximum atomic E-state index is 11.4. The zero-order chi connectivity index (χ0) is 12.0. The summed E-state index contributed by atoms with van der Waals surface area (Å²) in [4.78, 5) is 33.1. The molecule has 0 aliphatic rings. The van der Waals surface area contributed by atoms with E-state index in [0.717, 1.165) is 0 Å². The van der Waals surface area contributed by atoms with Gasteiger partial charge in [0.1, 0.15) is 5.69 Å². The molecule has 86 valence electrons. The number of aromatic nitrogens is 2. The molecule has 2 amide bonds. The number of hydrogen-bond acceptors (Lipinski definition) is 4.